The smallest absolute Gasteiger partial charge is 0.326 e. The van der Waals surface area contributed by atoms with Crippen LogP contribution in [0.2, 0.25) is 0 Å². The predicted molar refractivity (Wildman–Crippen MR) is 95.9 cm³/mol. The van der Waals surface area contributed by atoms with E-state index in [0.29, 0.717) is 0 Å². The number of aryl methyl sites for hydroxylation is 1. The van der Waals surface area contributed by atoms with E-state index in [1.807, 2.05) is 42.1 Å². The van der Waals surface area contributed by atoms with E-state index in [9.17, 15) is 19.5 Å². The summed E-state index contributed by atoms with van der Waals surface area (Å²) in [7, 11) is 3.41. The third-order valence-corrected chi connectivity index (χ3v) is 4.33. The highest BCUT2D eigenvalue weighted by atomic mass is 16.4. The number of hydrogen-bond acceptors (Lipinski definition) is 4. The molecule has 0 bridgehead atoms. The number of carbonyl (C=O) groups excluding carboxylic acids is 1. The zero-order valence-electron chi connectivity index (χ0n) is 14.7. The molecule has 1 heterocycles. The van der Waals surface area contributed by atoms with Gasteiger partial charge in [0.2, 0.25) is 5.91 Å². The predicted octanol–water partition coefficient (Wildman–Crippen LogP) is 0.743. The van der Waals surface area contributed by atoms with Crippen LogP contribution in [-0.2, 0) is 27.9 Å². The van der Waals surface area contributed by atoms with Crippen LogP contribution in [0.5, 0.6) is 0 Å². The Kier molecular flexibility index (Phi) is 6.35. The number of fused-ring (bicyclic) bond motifs is 1. The molecule has 140 valence electrons. The van der Waals surface area contributed by atoms with Crippen molar-refractivity contribution in [3.05, 3.63) is 36.0 Å². The molecule has 0 fully saturated rings. The Labute approximate surface area is 150 Å². The molecular formula is C18H23N3O5. The highest BCUT2D eigenvalue weighted by Gasteiger charge is 2.26. The number of hydrogen-bond donors (Lipinski definition) is 4. The second kappa shape index (κ2) is 8.48. The molecule has 8 nitrogen and oxygen atoms in total. The van der Waals surface area contributed by atoms with Crippen LogP contribution in [0, 0.1) is 0 Å². The first-order chi connectivity index (χ1) is 12.3. The Morgan fingerprint density at radius 3 is 2.46 bits per heavy atom. The number of carboxylic acids is 2. The quantitative estimate of drug-likeness (QED) is 0.523. The second-order valence-electron chi connectivity index (χ2n) is 6.16. The van der Waals surface area contributed by atoms with E-state index >= 15 is 0 Å². The minimum Gasteiger partial charge on any atom is -0.481 e. The van der Waals surface area contributed by atoms with Crippen LogP contribution >= 0.6 is 0 Å². The first-order valence-corrected chi connectivity index (χ1v) is 8.28. The lowest BCUT2D eigenvalue weighted by Crippen LogP contribution is -2.50. The average Bonchev–Trinajstić information content (AvgIpc) is 2.91. The average molecular weight is 361 g/mol. The highest BCUT2D eigenvalue weighted by molar-refractivity contribution is 5.89. The molecule has 0 aliphatic heterocycles. The van der Waals surface area contributed by atoms with E-state index in [1.54, 1.807) is 0 Å². The maximum atomic E-state index is 12.3. The number of para-hydroxylation sites is 1. The molecule has 4 N–H and O–H groups in total. The Balaban J connectivity index is 2.14. The van der Waals surface area contributed by atoms with Crippen LogP contribution in [0.15, 0.2) is 30.5 Å². The van der Waals surface area contributed by atoms with Gasteiger partial charge in [-0.15, -0.1) is 0 Å². The molecule has 26 heavy (non-hydrogen) atoms. The molecule has 2 aromatic rings. The summed E-state index contributed by atoms with van der Waals surface area (Å²) in [5, 5.41) is 24.4. The fraction of sp³-hybridized carbons (Fsp3) is 0.389. The van der Waals surface area contributed by atoms with Crippen LogP contribution in [0.3, 0.4) is 0 Å². The molecular weight excluding hydrogens is 338 g/mol. The molecule has 0 aliphatic carbocycles. The van der Waals surface area contributed by atoms with E-state index in [-0.39, 0.29) is 19.3 Å². The molecule has 1 amide bonds. The van der Waals surface area contributed by atoms with Crippen molar-refractivity contribution >= 4 is 28.7 Å². The van der Waals surface area contributed by atoms with Gasteiger partial charge in [-0.2, -0.15) is 0 Å². The highest BCUT2D eigenvalue weighted by Crippen LogP contribution is 2.21. The number of aromatic nitrogens is 1. The molecule has 0 saturated heterocycles. The first-order valence-electron chi connectivity index (χ1n) is 8.28. The van der Waals surface area contributed by atoms with Crippen molar-refractivity contribution in [2.75, 3.05) is 7.05 Å². The van der Waals surface area contributed by atoms with Gasteiger partial charge in [-0.3, -0.25) is 9.59 Å². The van der Waals surface area contributed by atoms with Crippen molar-refractivity contribution in [2.24, 2.45) is 7.05 Å². The van der Waals surface area contributed by atoms with Crippen molar-refractivity contribution in [3.63, 3.8) is 0 Å². The third-order valence-electron chi connectivity index (χ3n) is 4.33. The molecule has 0 radical (unpaired) electrons. The third kappa shape index (κ3) is 4.60. The van der Waals surface area contributed by atoms with E-state index in [2.05, 4.69) is 10.6 Å². The molecule has 2 rings (SSSR count). The van der Waals surface area contributed by atoms with Gasteiger partial charge in [-0.05, 0) is 25.1 Å². The number of carboxylic acid groups (broad SMARTS) is 2. The second-order valence-corrected chi connectivity index (χ2v) is 6.16. The number of likely N-dealkylation sites (N-methyl/N-ethyl adjacent to an activating group) is 1. The van der Waals surface area contributed by atoms with E-state index in [0.717, 1.165) is 16.5 Å². The summed E-state index contributed by atoms with van der Waals surface area (Å²) < 4.78 is 1.91. The number of aliphatic carboxylic acids is 2. The molecule has 1 aromatic heterocycles. The largest absolute Gasteiger partial charge is 0.481 e. The van der Waals surface area contributed by atoms with Crippen molar-refractivity contribution in [1.29, 1.82) is 0 Å². The van der Waals surface area contributed by atoms with Gasteiger partial charge >= 0.3 is 11.9 Å². The summed E-state index contributed by atoms with van der Waals surface area (Å²) in [6.07, 6.45) is 1.89. The summed E-state index contributed by atoms with van der Waals surface area (Å²) in [5.74, 6) is -2.68. The molecule has 0 saturated carbocycles. The van der Waals surface area contributed by atoms with Crippen LogP contribution in [0.4, 0.5) is 0 Å². The van der Waals surface area contributed by atoms with Crippen molar-refractivity contribution in [2.45, 2.75) is 31.3 Å². The lowest BCUT2D eigenvalue weighted by Gasteiger charge is -2.19. The number of carbonyl (C=O) groups is 3. The summed E-state index contributed by atoms with van der Waals surface area (Å²) >= 11 is 0. The van der Waals surface area contributed by atoms with Crippen LogP contribution in [0.25, 0.3) is 10.9 Å². The summed E-state index contributed by atoms with van der Waals surface area (Å²) in [5.41, 5.74) is 1.80. The Morgan fingerprint density at radius 2 is 1.85 bits per heavy atom. The van der Waals surface area contributed by atoms with Crippen molar-refractivity contribution < 1.29 is 24.6 Å². The summed E-state index contributed by atoms with van der Waals surface area (Å²) in [6, 6.07) is 5.77. The molecule has 0 aliphatic rings. The van der Waals surface area contributed by atoms with E-state index < -0.39 is 29.9 Å². The molecule has 0 unspecified atom stereocenters. The number of amides is 1. The van der Waals surface area contributed by atoms with E-state index in [1.165, 1.54) is 7.05 Å². The zero-order chi connectivity index (χ0) is 19.3. The van der Waals surface area contributed by atoms with Gasteiger partial charge in [-0.1, -0.05) is 18.2 Å². The number of nitrogens with one attached hydrogen (secondary N) is 2. The van der Waals surface area contributed by atoms with Gasteiger partial charge < -0.3 is 25.4 Å². The fourth-order valence-electron chi connectivity index (χ4n) is 2.95. The lowest BCUT2D eigenvalue weighted by molar-refractivity contribution is -0.142. The van der Waals surface area contributed by atoms with Gasteiger partial charge in [-0.25, -0.2) is 4.79 Å². The monoisotopic (exact) mass is 361 g/mol. The number of nitrogens with zero attached hydrogens (tertiary/aromatic N) is 1. The minimum absolute atomic E-state index is 0.0816. The summed E-state index contributed by atoms with van der Waals surface area (Å²) in [6.45, 7) is 0. The van der Waals surface area contributed by atoms with Gasteiger partial charge in [0.1, 0.15) is 6.04 Å². The minimum atomic E-state index is -1.14. The maximum Gasteiger partial charge on any atom is 0.326 e. The molecule has 2 atom stereocenters. The zero-order valence-corrected chi connectivity index (χ0v) is 14.7. The number of benzene rings is 1. The molecule has 0 spiro atoms. The SMILES string of the molecule is CN[C@@H](CCC(=O)O)C(=O)N[C@H](Cc1cn(C)c2ccccc12)C(=O)O. The Bertz CT molecular complexity index is 814. The van der Waals surface area contributed by atoms with Crippen molar-refractivity contribution in [3.8, 4) is 0 Å². The fourth-order valence-corrected chi connectivity index (χ4v) is 2.95. The topological polar surface area (TPSA) is 121 Å². The molecule has 8 heteroatoms. The van der Waals surface area contributed by atoms with E-state index in [4.69, 9.17) is 5.11 Å². The summed E-state index contributed by atoms with van der Waals surface area (Å²) in [4.78, 5) is 34.6. The lowest BCUT2D eigenvalue weighted by atomic mass is 10.0. The number of rotatable bonds is 9. The normalized spacial score (nSPS) is 13.3. The Hall–Kier alpha value is -2.87. The van der Waals surface area contributed by atoms with Gasteiger partial charge in [0, 0.05) is 37.0 Å². The first kappa shape index (κ1) is 19.5. The van der Waals surface area contributed by atoms with Crippen LogP contribution < -0.4 is 10.6 Å². The van der Waals surface area contributed by atoms with Gasteiger partial charge in [0.05, 0.1) is 6.04 Å². The van der Waals surface area contributed by atoms with Gasteiger partial charge in [0.15, 0.2) is 0 Å². The van der Waals surface area contributed by atoms with Crippen LogP contribution in [-0.4, -0.2) is 51.8 Å². The molecule has 1 aromatic carbocycles. The maximum absolute atomic E-state index is 12.3. The van der Waals surface area contributed by atoms with Gasteiger partial charge in [0.25, 0.3) is 0 Å². The standard InChI is InChI=1S/C18H23N3O5/c1-19-13(7-8-16(22)23)17(24)20-14(18(25)26)9-11-10-21(2)15-6-4-3-5-12(11)15/h3-6,10,13-14,19H,7-9H2,1-2H3,(H,20,24)(H,22,23)(H,25,26)/t13-,14+/m0/s1. The van der Waals surface area contributed by atoms with Crippen molar-refractivity contribution in [1.82, 2.24) is 15.2 Å². The Morgan fingerprint density at radius 1 is 1.15 bits per heavy atom. The van der Waals surface area contributed by atoms with Crippen LogP contribution in [0.1, 0.15) is 18.4 Å².